The van der Waals surface area contributed by atoms with E-state index in [4.69, 9.17) is 10.7 Å². The highest BCUT2D eigenvalue weighted by molar-refractivity contribution is 7.92. The van der Waals surface area contributed by atoms with Gasteiger partial charge in [0, 0.05) is 35.3 Å². The molecule has 0 aliphatic rings. The van der Waals surface area contributed by atoms with Crippen LogP contribution in [0.1, 0.15) is 40.4 Å². The Kier molecular flexibility index (Phi) is 8.61. The molecule has 4 heterocycles. The van der Waals surface area contributed by atoms with E-state index in [1.807, 2.05) is 6.07 Å². The zero-order chi connectivity index (χ0) is 33.8. The zero-order valence-corrected chi connectivity index (χ0v) is 26.4. The molecule has 6 rings (SSSR count). The number of pyridine rings is 2. The first-order chi connectivity index (χ1) is 23.1. The fourth-order valence-corrected chi connectivity index (χ4v) is 5.47. The number of nitrogens with zero attached hydrogens (tertiary/aromatic N) is 6. The number of carbonyl (C=O) groups is 1. The van der Waals surface area contributed by atoms with Gasteiger partial charge in [-0.15, -0.1) is 0 Å². The van der Waals surface area contributed by atoms with Gasteiger partial charge in [0.2, 0.25) is 10.0 Å². The Hall–Kier alpha value is -6.46. The molecule has 1 atom stereocenters. The predicted octanol–water partition coefficient (Wildman–Crippen LogP) is 3.48. The van der Waals surface area contributed by atoms with Gasteiger partial charge >= 0.3 is 0 Å². The molecule has 1 amide bonds. The second-order valence-corrected chi connectivity index (χ2v) is 12.4. The van der Waals surface area contributed by atoms with Crippen molar-refractivity contribution in [1.29, 1.82) is 0 Å². The topological polar surface area (TPSA) is 188 Å². The van der Waals surface area contributed by atoms with Gasteiger partial charge in [0.15, 0.2) is 11.5 Å². The van der Waals surface area contributed by atoms with Crippen LogP contribution in [0, 0.1) is 11.8 Å². The summed E-state index contributed by atoms with van der Waals surface area (Å²) in [6.07, 6.45) is 8.44. The number of para-hydroxylation sites is 1. The van der Waals surface area contributed by atoms with Crippen molar-refractivity contribution in [3.8, 4) is 28.8 Å². The minimum atomic E-state index is -3.55. The predicted molar refractivity (Wildman–Crippen MR) is 182 cm³/mol. The summed E-state index contributed by atoms with van der Waals surface area (Å²) in [4.78, 5) is 49.3. The molecule has 0 aliphatic carbocycles. The molecule has 4 aromatic heterocycles. The van der Waals surface area contributed by atoms with Crippen LogP contribution < -0.4 is 21.3 Å². The first kappa shape index (κ1) is 31.5. The molecule has 14 heteroatoms. The Bertz CT molecular complexity index is 2410. The van der Waals surface area contributed by atoms with Crippen LogP contribution in [0.5, 0.6) is 0 Å². The molecule has 6 aromatic rings. The van der Waals surface area contributed by atoms with E-state index in [9.17, 15) is 18.0 Å². The minimum Gasteiger partial charge on any atom is -0.382 e. The fourth-order valence-electron chi connectivity index (χ4n) is 4.93. The zero-order valence-electron chi connectivity index (χ0n) is 25.6. The Morgan fingerprint density at radius 3 is 2.46 bits per heavy atom. The summed E-state index contributed by atoms with van der Waals surface area (Å²) in [6, 6.07) is 18.5. The molecular weight excluding hydrogens is 631 g/mol. The Balaban J connectivity index is 1.39. The van der Waals surface area contributed by atoms with E-state index in [-0.39, 0.29) is 34.3 Å². The number of nitrogens with two attached hydrogens (primary N) is 1. The summed E-state index contributed by atoms with van der Waals surface area (Å²) in [5.74, 6) is 5.63. The summed E-state index contributed by atoms with van der Waals surface area (Å²) in [5.41, 5.74) is 8.56. The highest BCUT2D eigenvalue weighted by atomic mass is 32.2. The molecule has 48 heavy (non-hydrogen) atoms. The molecule has 4 N–H and O–H groups in total. The summed E-state index contributed by atoms with van der Waals surface area (Å²) >= 11 is 0. The van der Waals surface area contributed by atoms with Gasteiger partial charge in [0.1, 0.15) is 5.82 Å². The number of rotatable bonds is 7. The molecule has 0 bridgehead atoms. The summed E-state index contributed by atoms with van der Waals surface area (Å²) in [5, 5.41) is 3.18. The number of sulfonamides is 1. The first-order valence-corrected chi connectivity index (χ1v) is 16.4. The highest BCUT2D eigenvalue weighted by Crippen LogP contribution is 2.23. The maximum absolute atomic E-state index is 14.3. The number of amides is 1. The van der Waals surface area contributed by atoms with Gasteiger partial charge in [0.05, 0.1) is 52.7 Å². The van der Waals surface area contributed by atoms with Crippen molar-refractivity contribution < 1.29 is 13.2 Å². The number of hydrogen-bond donors (Lipinski definition) is 3. The maximum Gasteiger partial charge on any atom is 0.274 e. The third-order valence-corrected chi connectivity index (χ3v) is 7.65. The number of anilines is 2. The normalized spacial score (nSPS) is 11.7. The average molecular weight is 658 g/mol. The largest absolute Gasteiger partial charge is 0.382 e. The third kappa shape index (κ3) is 6.86. The monoisotopic (exact) mass is 657 g/mol. The first-order valence-electron chi connectivity index (χ1n) is 14.5. The van der Waals surface area contributed by atoms with Crippen LogP contribution in [-0.2, 0) is 10.0 Å². The molecular formula is C34H27N9O4S. The van der Waals surface area contributed by atoms with Crippen molar-refractivity contribution >= 4 is 38.3 Å². The number of nitrogens with one attached hydrogen (secondary N) is 2. The van der Waals surface area contributed by atoms with Gasteiger partial charge in [-0.25, -0.2) is 23.4 Å². The van der Waals surface area contributed by atoms with Crippen molar-refractivity contribution in [2.45, 2.75) is 13.0 Å². The van der Waals surface area contributed by atoms with Crippen LogP contribution in [-0.4, -0.2) is 50.1 Å². The lowest BCUT2D eigenvalue weighted by Gasteiger charge is -2.20. The van der Waals surface area contributed by atoms with Crippen molar-refractivity contribution in [3.63, 3.8) is 0 Å². The van der Waals surface area contributed by atoms with E-state index in [1.165, 1.54) is 29.2 Å². The molecule has 0 saturated heterocycles. The van der Waals surface area contributed by atoms with Gasteiger partial charge in [-0.1, -0.05) is 36.1 Å². The second-order valence-electron chi connectivity index (χ2n) is 10.7. The van der Waals surface area contributed by atoms with Gasteiger partial charge in [-0.05, 0) is 49.4 Å². The number of aromatic nitrogens is 6. The third-order valence-electron chi connectivity index (χ3n) is 7.05. The van der Waals surface area contributed by atoms with Crippen molar-refractivity contribution in [2.75, 3.05) is 16.7 Å². The second kappa shape index (κ2) is 13.1. The highest BCUT2D eigenvalue weighted by Gasteiger charge is 2.23. The quantitative estimate of drug-likeness (QED) is 0.215. The lowest BCUT2D eigenvalue weighted by molar-refractivity contribution is 0.0933. The number of carbonyl (C=O) groups excluding carboxylic acids is 1. The number of benzene rings is 2. The molecule has 238 valence electrons. The van der Waals surface area contributed by atoms with Crippen LogP contribution in [0.4, 0.5) is 11.5 Å². The van der Waals surface area contributed by atoms with E-state index >= 15 is 0 Å². The fraction of sp³-hybridized carbons (Fsp3) is 0.0882. The summed E-state index contributed by atoms with van der Waals surface area (Å²) < 4.78 is 27.2. The van der Waals surface area contributed by atoms with E-state index in [2.05, 4.69) is 41.8 Å². The molecule has 0 saturated carbocycles. The Morgan fingerprint density at radius 2 is 1.71 bits per heavy atom. The Labute approximate surface area is 275 Å². The minimum absolute atomic E-state index is 0.133. The van der Waals surface area contributed by atoms with Crippen molar-refractivity contribution in [1.82, 2.24) is 34.8 Å². The summed E-state index contributed by atoms with van der Waals surface area (Å²) in [7, 11) is -3.55. The maximum atomic E-state index is 14.3. The lowest BCUT2D eigenvalue weighted by Crippen LogP contribution is -2.34. The van der Waals surface area contributed by atoms with E-state index in [0.29, 0.717) is 27.7 Å². The van der Waals surface area contributed by atoms with E-state index in [1.54, 1.807) is 73.9 Å². The van der Waals surface area contributed by atoms with Crippen molar-refractivity contribution in [2.24, 2.45) is 0 Å². The van der Waals surface area contributed by atoms with Crippen LogP contribution in [0.25, 0.3) is 27.8 Å². The number of hydrogen-bond acceptors (Lipinski definition) is 10. The van der Waals surface area contributed by atoms with Crippen molar-refractivity contribution in [3.05, 3.63) is 131 Å². The summed E-state index contributed by atoms with van der Waals surface area (Å²) in [6.45, 7) is 1.69. The molecule has 13 nitrogen and oxygen atoms in total. The average Bonchev–Trinajstić information content (AvgIpc) is 3.07. The number of fused-ring (bicyclic) bond motifs is 1. The van der Waals surface area contributed by atoms with Crippen LogP contribution >= 0.6 is 0 Å². The molecule has 0 fully saturated rings. The van der Waals surface area contributed by atoms with Gasteiger partial charge < -0.3 is 11.1 Å². The van der Waals surface area contributed by atoms with Gasteiger partial charge in [-0.3, -0.25) is 28.8 Å². The molecule has 0 spiro atoms. The van der Waals surface area contributed by atoms with Crippen LogP contribution in [0.15, 0.2) is 103 Å². The van der Waals surface area contributed by atoms with Crippen LogP contribution in [0.3, 0.4) is 0 Å². The molecule has 0 radical (unpaired) electrons. The SMILES string of the molecule is C[C@@H](NC(=O)c1nc(-c2cncc(NS(C)(=O)=O)c2)cnc1N)c1nc2cccc(C#Cc3ccncc3)c2c(=O)n1-c1ccccc1. The smallest absolute Gasteiger partial charge is 0.274 e. The molecule has 0 unspecified atom stereocenters. The van der Waals surface area contributed by atoms with Crippen LogP contribution in [0.2, 0.25) is 0 Å². The van der Waals surface area contributed by atoms with Gasteiger partial charge in [0.25, 0.3) is 11.5 Å². The Morgan fingerprint density at radius 1 is 0.938 bits per heavy atom. The van der Waals surface area contributed by atoms with Gasteiger partial charge in [-0.2, -0.15) is 0 Å². The molecule has 0 aliphatic heterocycles. The molecule has 2 aromatic carbocycles. The standard InChI is InChI=1S/C34H27N9O4S/c1-21(39-33(44)30-31(35)38-20-28(40-30)24-17-25(19-37-18-24)42-48(2,46)47)32-41-27-10-6-7-23(12-11-22-13-15-36-16-14-22)29(27)34(45)43(32)26-8-4-3-5-9-26/h3-10,13-21,42H,1-2H3,(H2,35,38)(H,39,44)/t21-/m1/s1. The number of nitrogen functional groups attached to an aromatic ring is 1. The lowest BCUT2D eigenvalue weighted by atomic mass is 10.1. The van der Waals surface area contributed by atoms with E-state index in [0.717, 1.165) is 11.8 Å². The van der Waals surface area contributed by atoms with E-state index < -0.39 is 22.0 Å².